The third-order valence-electron chi connectivity index (χ3n) is 7.65. The van der Waals surface area contributed by atoms with Crippen molar-refractivity contribution in [2.24, 2.45) is 0 Å². The van der Waals surface area contributed by atoms with Gasteiger partial charge in [0.15, 0.2) is 6.23 Å². The van der Waals surface area contributed by atoms with Crippen LogP contribution in [-0.2, 0) is 20.5 Å². The SMILES string of the molecule is C=CB1OC(C)(C)C(C)(Cc2cc3c(cc2O[C@H](C)c2c(Cl)cncc2Cl)c(I)nn3C2CCCCO2)O1. The number of hydrogen-bond acceptors (Lipinski definition) is 6. The second kappa shape index (κ2) is 10.9. The number of benzene rings is 1. The maximum Gasteiger partial charge on any atom is 0.486 e. The van der Waals surface area contributed by atoms with Gasteiger partial charge in [-0.1, -0.05) is 29.2 Å². The Morgan fingerprint density at radius 2 is 1.97 bits per heavy atom. The highest BCUT2D eigenvalue weighted by Gasteiger charge is 2.53. The van der Waals surface area contributed by atoms with Gasteiger partial charge < -0.3 is 18.8 Å². The minimum Gasteiger partial charge on any atom is -0.486 e. The molecule has 5 rings (SSSR count). The highest BCUT2D eigenvalue weighted by Crippen LogP contribution is 2.44. The van der Waals surface area contributed by atoms with Crippen molar-refractivity contribution in [2.75, 3.05) is 6.61 Å². The molecular formula is C27H31BCl2IN3O4. The van der Waals surface area contributed by atoms with E-state index < -0.39 is 24.4 Å². The monoisotopic (exact) mass is 669 g/mol. The zero-order chi connectivity index (χ0) is 27.2. The van der Waals surface area contributed by atoms with Crippen LogP contribution in [0.3, 0.4) is 0 Å². The molecule has 0 saturated carbocycles. The average Bonchev–Trinajstić information content (AvgIpc) is 3.31. The lowest BCUT2D eigenvalue weighted by Crippen LogP contribution is -2.46. The van der Waals surface area contributed by atoms with E-state index >= 15 is 0 Å². The third-order valence-corrected chi connectivity index (χ3v) is 9.05. The Morgan fingerprint density at radius 1 is 1.24 bits per heavy atom. The summed E-state index contributed by atoms with van der Waals surface area (Å²) < 4.78 is 28.1. The fraction of sp³-hybridized carbons (Fsp3) is 0.481. The fourth-order valence-corrected chi connectivity index (χ4v) is 6.50. The summed E-state index contributed by atoms with van der Waals surface area (Å²) in [5.41, 5.74) is 1.43. The van der Waals surface area contributed by atoms with Crippen LogP contribution in [0.5, 0.6) is 5.75 Å². The highest BCUT2D eigenvalue weighted by molar-refractivity contribution is 14.1. The molecule has 2 fully saturated rings. The standard InChI is InChI=1S/C27H31BCl2IN3O4/c1-6-28-37-26(3,4)27(5,38-28)13-17-11-21-18(25(31)33-34(21)23-9-7-8-10-35-23)12-22(17)36-16(2)24-19(29)14-32-15-20(24)30/h6,11-12,14-16,23H,1,7-10,13H2,2-5H3/t16-,23?,27?/m1/s1. The van der Waals surface area contributed by atoms with Gasteiger partial charge in [0.25, 0.3) is 0 Å². The van der Waals surface area contributed by atoms with E-state index in [0.717, 1.165) is 46.0 Å². The smallest absolute Gasteiger partial charge is 0.486 e. The largest absolute Gasteiger partial charge is 0.486 e. The van der Waals surface area contributed by atoms with Crippen molar-refractivity contribution < 1.29 is 18.8 Å². The van der Waals surface area contributed by atoms with Crippen molar-refractivity contribution in [1.29, 1.82) is 0 Å². The molecule has 0 spiro atoms. The molecule has 2 unspecified atom stereocenters. The number of aromatic nitrogens is 3. The van der Waals surface area contributed by atoms with Gasteiger partial charge in [-0.2, -0.15) is 5.10 Å². The second-order valence-electron chi connectivity index (χ2n) is 10.6. The first-order valence-electron chi connectivity index (χ1n) is 12.8. The molecule has 202 valence electrons. The quantitative estimate of drug-likeness (QED) is 0.192. The van der Waals surface area contributed by atoms with E-state index in [1.165, 1.54) is 0 Å². The Kier molecular flexibility index (Phi) is 8.08. The number of hydrogen-bond donors (Lipinski definition) is 0. The van der Waals surface area contributed by atoms with E-state index in [2.05, 4.69) is 53.2 Å². The Morgan fingerprint density at radius 3 is 2.61 bits per heavy atom. The minimum absolute atomic E-state index is 0.0917. The van der Waals surface area contributed by atoms with E-state index in [1.807, 2.05) is 25.5 Å². The van der Waals surface area contributed by atoms with Gasteiger partial charge in [-0.3, -0.25) is 4.98 Å². The molecule has 3 atom stereocenters. The maximum absolute atomic E-state index is 6.60. The van der Waals surface area contributed by atoms with Crippen LogP contribution in [0.4, 0.5) is 0 Å². The second-order valence-corrected chi connectivity index (χ2v) is 12.4. The van der Waals surface area contributed by atoms with Gasteiger partial charge in [0, 0.05) is 36.4 Å². The van der Waals surface area contributed by atoms with Crippen molar-refractivity contribution in [1.82, 2.24) is 14.8 Å². The van der Waals surface area contributed by atoms with Gasteiger partial charge in [-0.15, -0.1) is 6.58 Å². The lowest BCUT2D eigenvalue weighted by atomic mass is 9.82. The Balaban J connectivity index is 1.61. The number of halogens is 3. The van der Waals surface area contributed by atoms with Gasteiger partial charge in [0.05, 0.1) is 26.8 Å². The highest BCUT2D eigenvalue weighted by atomic mass is 127. The molecule has 0 amide bonds. The molecule has 38 heavy (non-hydrogen) atoms. The average molecular weight is 670 g/mol. The van der Waals surface area contributed by atoms with E-state index in [9.17, 15) is 0 Å². The summed E-state index contributed by atoms with van der Waals surface area (Å²) in [6.07, 6.45) is 6.29. The van der Waals surface area contributed by atoms with E-state index in [0.29, 0.717) is 27.8 Å². The van der Waals surface area contributed by atoms with Gasteiger partial charge in [0.1, 0.15) is 15.6 Å². The molecule has 1 aromatic carbocycles. The van der Waals surface area contributed by atoms with Crippen molar-refractivity contribution in [3.8, 4) is 5.75 Å². The van der Waals surface area contributed by atoms with Crippen LogP contribution in [0.15, 0.2) is 37.1 Å². The topological polar surface area (TPSA) is 67.6 Å². The van der Waals surface area contributed by atoms with Crippen LogP contribution in [0, 0.1) is 3.70 Å². The van der Waals surface area contributed by atoms with Crippen LogP contribution >= 0.6 is 45.8 Å². The van der Waals surface area contributed by atoms with Crippen LogP contribution in [0.1, 0.15) is 70.4 Å². The molecule has 0 N–H and O–H groups in total. The van der Waals surface area contributed by atoms with Crippen LogP contribution < -0.4 is 4.74 Å². The van der Waals surface area contributed by atoms with Crippen LogP contribution in [0.25, 0.3) is 10.9 Å². The predicted molar refractivity (Wildman–Crippen MR) is 159 cm³/mol. The van der Waals surface area contributed by atoms with Gasteiger partial charge >= 0.3 is 7.12 Å². The van der Waals surface area contributed by atoms with E-state index in [1.54, 1.807) is 18.4 Å². The first-order valence-corrected chi connectivity index (χ1v) is 14.6. The van der Waals surface area contributed by atoms with Crippen LogP contribution in [-0.4, -0.2) is 39.7 Å². The minimum atomic E-state index is -0.647. The molecule has 0 radical (unpaired) electrons. The number of nitrogens with zero attached hydrogens (tertiary/aromatic N) is 3. The summed E-state index contributed by atoms with van der Waals surface area (Å²) in [5.74, 6) is 2.39. The summed E-state index contributed by atoms with van der Waals surface area (Å²) in [6.45, 7) is 12.7. The number of rotatable bonds is 7. The molecule has 3 aromatic rings. The maximum atomic E-state index is 6.60. The van der Waals surface area contributed by atoms with Crippen molar-refractivity contribution in [2.45, 2.75) is 76.9 Å². The van der Waals surface area contributed by atoms with Crippen LogP contribution in [0.2, 0.25) is 10.0 Å². The molecule has 2 aromatic heterocycles. The molecule has 7 nitrogen and oxygen atoms in total. The van der Waals surface area contributed by atoms with E-state index in [-0.39, 0.29) is 6.23 Å². The summed E-state index contributed by atoms with van der Waals surface area (Å²) in [6, 6.07) is 4.20. The summed E-state index contributed by atoms with van der Waals surface area (Å²) in [5, 5.41) is 6.78. The zero-order valence-corrected chi connectivity index (χ0v) is 25.6. The zero-order valence-electron chi connectivity index (χ0n) is 22.0. The summed E-state index contributed by atoms with van der Waals surface area (Å²) >= 11 is 15.2. The van der Waals surface area contributed by atoms with Crippen molar-refractivity contribution in [3.05, 3.63) is 62.0 Å². The molecule has 2 aliphatic rings. The Bertz CT molecular complexity index is 1340. The van der Waals surface area contributed by atoms with Gasteiger partial charge in [0.2, 0.25) is 0 Å². The third kappa shape index (κ3) is 5.22. The molecule has 11 heteroatoms. The molecule has 0 bridgehead atoms. The van der Waals surface area contributed by atoms with Crippen molar-refractivity contribution in [3.63, 3.8) is 0 Å². The first kappa shape index (κ1) is 28.2. The first-order chi connectivity index (χ1) is 18.0. The molecule has 4 heterocycles. The molecular weight excluding hydrogens is 639 g/mol. The van der Waals surface area contributed by atoms with Gasteiger partial charge in [-0.05, 0) is 87.2 Å². The normalized spacial score (nSPS) is 24.1. The fourth-order valence-electron chi connectivity index (χ4n) is 5.16. The summed E-state index contributed by atoms with van der Waals surface area (Å²) in [4.78, 5) is 4.08. The lowest BCUT2D eigenvalue weighted by Gasteiger charge is -2.37. The molecule has 0 aliphatic carbocycles. The molecule has 2 aliphatic heterocycles. The Labute approximate surface area is 247 Å². The van der Waals surface area contributed by atoms with Crippen molar-refractivity contribution >= 4 is 63.8 Å². The number of pyridine rings is 1. The van der Waals surface area contributed by atoms with Gasteiger partial charge in [-0.25, -0.2) is 4.68 Å². The number of ether oxygens (including phenoxy) is 2. The Hall–Kier alpha value is -1.37. The van der Waals surface area contributed by atoms with E-state index in [4.69, 9.17) is 47.1 Å². The predicted octanol–water partition coefficient (Wildman–Crippen LogP) is 7.52. The lowest BCUT2D eigenvalue weighted by molar-refractivity contribution is -0.0369. The number of fused-ring (bicyclic) bond motifs is 1. The molecule has 2 saturated heterocycles. The summed E-state index contributed by atoms with van der Waals surface area (Å²) in [7, 11) is -0.487.